The number of β-amino-alcohol motifs (C(OH)–C–C–N with tert-alkyl or cyclic N) is 1. The summed E-state index contributed by atoms with van der Waals surface area (Å²) in [4.78, 5) is 5.44. The van der Waals surface area contributed by atoms with Crippen molar-refractivity contribution in [2.24, 2.45) is 5.10 Å². The number of hydrogen-bond acceptors (Lipinski definition) is 7. The van der Waals surface area contributed by atoms with Crippen molar-refractivity contribution in [3.8, 4) is 0 Å². The third-order valence-corrected chi connectivity index (χ3v) is 4.25. The van der Waals surface area contributed by atoms with Crippen LogP contribution in [-0.2, 0) is 6.54 Å². The van der Waals surface area contributed by atoms with Gasteiger partial charge >= 0.3 is 6.18 Å². The molecule has 1 unspecified atom stereocenters. The van der Waals surface area contributed by atoms with Gasteiger partial charge in [0.15, 0.2) is 17.8 Å². The summed E-state index contributed by atoms with van der Waals surface area (Å²) in [7, 11) is 0. The Hall–Kier alpha value is -2.37. The predicted octanol–water partition coefficient (Wildman–Crippen LogP) is 1.87. The molecule has 0 spiro atoms. The van der Waals surface area contributed by atoms with Gasteiger partial charge in [0.2, 0.25) is 0 Å². The van der Waals surface area contributed by atoms with E-state index in [0.29, 0.717) is 16.4 Å². The summed E-state index contributed by atoms with van der Waals surface area (Å²) in [5, 5.41) is 31.8. The van der Waals surface area contributed by atoms with Gasteiger partial charge in [-0.25, -0.2) is 4.98 Å². The molecule has 2 atom stereocenters. The van der Waals surface area contributed by atoms with Crippen LogP contribution in [-0.4, -0.2) is 66.6 Å². The maximum Gasteiger partial charge on any atom is 0.416 e. The van der Waals surface area contributed by atoms with Crippen molar-refractivity contribution in [3.63, 3.8) is 0 Å². The lowest BCUT2D eigenvalue weighted by Gasteiger charge is -2.25. The van der Waals surface area contributed by atoms with Crippen LogP contribution in [0, 0.1) is 0 Å². The second-order valence-electron chi connectivity index (χ2n) is 6.33. The summed E-state index contributed by atoms with van der Waals surface area (Å²) in [5.41, 5.74) is 0.559. The number of benzene rings is 1. The van der Waals surface area contributed by atoms with E-state index in [1.54, 1.807) is 24.3 Å². The Morgan fingerprint density at radius 2 is 1.93 bits per heavy atom. The second-order valence-corrected chi connectivity index (χ2v) is 6.77. The van der Waals surface area contributed by atoms with Crippen LogP contribution < -0.4 is 0 Å². The van der Waals surface area contributed by atoms with E-state index in [0.717, 1.165) is 0 Å². The summed E-state index contributed by atoms with van der Waals surface area (Å²) < 4.78 is 38.4. The fraction of sp³-hybridized carbons (Fsp3) is 0.438. The monoisotopic (exact) mass is 418 g/mol. The van der Waals surface area contributed by atoms with Gasteiger partial charge in [-0.05, 0) is 31.2 Å². The van der Waals surface area contributed by atoms with Gasteiger partial charge in [0.25, 0.3) is 0 Å². The van der Waals surface area contributed by atoms with Crippen molar-refractivity contribution in [1.82, 2.24) is 25.1 Å². The standard InChI is InChI=1S/C16H18ClF3N6O2/c1-9(27)14-21-13(22-23-14)7-26-8-25(6-12(28)16(18,19)20)15(24-26)10-2-4-11(17)5-3-10/h2-5,9,12,27-28H,6-8H2,1H3,(H,21,22,23)/t9?,12-/m0/s1. The van der Waals surface area contributed by atoms with Crippen molar-refractivity contribution >= 4 is 17.4 Å². The molecule has 1 aliphatic heterocycles. The lowest BCUT2D eigenvalue weighted by atomic mass is 10.2. The van der Waals surface area contributed by atoms with Crippen molar-refractivity contribution < 1.29 is 23.4 Å². The zero-order chi connectivity index (χ0) is 20.5. The number of aromatic nitrogens is 3. The molecule has 0 radical (unpaired) electrons. The first-order valence-corrected chi connectivity index (χ1v) is 8.69. The Bertz CT molecular complexity index is 840. The molecule has 0 bridgehead atoms. The molecule has 0 amide bonds. The molecule has 2 aromatic rings. The second kappa shape index (κ2) is 7.94. The van der Waals surface area contributed by atoms with Crippen LogP contribution in [0.2, 0.25) is 5.02 Å². The highest BCUT2D eigenvalue weighted by atomic mass is 35.5. The molecule has 1 aromatic heterocycles. The molecule has 8 nitrogen and oxygen atoms in total. The number of nitrogens with one attached hydrogen (secondary N) is 1. The van der Waals surface area contributed by atoms with Crippen molar-refractivity contribution in [2.45, 2.75) is 31.9 Å². The van der Waals surface area contributed by atoms with E-state index in [1.807, 2.05) is 0 Å². The quantitative estimate of drug-likeness (QED) is 0.662. The largest absolute Gasteiger partial charge is 0.416 e. The number of H-pyrrole nitrogens is 1. The lowest BCUT2D eigenvalue weighted by Crippen LogP contribution is -2.43. The minimum atomic E-state index is -4.74. The number of aliphatic hydroxyl groups excluding tert-OH is 2. The lowest BCUT2D eigenvalue weighted by molar-refractivity contribution is -0.206. The van der Waals surface area contributed by atoms with E-state index in [2.05, 4.69) is 20.3 Å². The van der Waals surface area contributed by atoms with E-state index >= 15 is 0 Å². The van der Waals surface area contributed by atoms with Crippen LogP contribution in [0.4, 0.5) is 13.2 Å². The maximum atomic E-state index is 12.8. The average molecular weight is 419 g/mol. The van der Waals surface area contributed by atoms with Gasteiger partial charge in [0.05, 0.1) is 13.1 Å². The number of aliphatic hydroxyl groups is 2. The topological polar surface area (TPSA) is 101 Å². The molecule has 28 heavy (non-hydrogen) atoms. The molecule has 3 N–H and O–H groups in total. The fourth-order valence-electron chi connectivity index (χ4n) is 2.61. The molecule has 152 valence electrons. The molecule has 1 aromatic carbocycles. The van der Waals surface area contributed by atoms with Crippen LogP contribution in [0.25, 0.3) is 0 Å². The van der Waals surface area contributed by atoms with E-state index in [1.165, 1.54) is 16.8 Å². The third kappa shape index (κ3) is 4.72. The smallest absolute Gasteiger partial charge is 0.385 e. The molecular weight excluding hydrogens is 401 g/mol. The Kier molecular flexibility index (Phi) is 5.77. The number of alkyl halides is 3. The highest BCUT2D eigenvalue weighted by Crippen LogP contribution is 2.24. The zero-order valence-electron chi connectivity index (χ0n) is 14.7. The SMILES string of the molecule is CC(O)c1n[nH]c(CN2CN(C[C@H](O)C(F)(F)F)C(c3ccc(Cl)cc3)=N2)n1. The molecule has 0 fully saturated rings. The molecule has 3 rings (SSSR count). The zero-order valence-corrected chi connectivity index (χ0v) is 15.5. The Morgan fingerprint density at radius 3 is 2.50 bits per heavy atom. The number of hydrazone groups is 1. The minimum Gasteiger partial charge on any atom is -0.385 e. The van der Waals surface area contributed by atoms with Crippen molar-refractivity contribution in [3.05, 3.63) is 46.5 Å². The number of nitrogens with zero attached hydrogens (tertiary/aromatic N) is 5. The van der Waals surface area contributed by atoms with E-state index in [-0.39, 0.29) is 24.9 Å². The van der Waals surface area contributed by atoms with Crippen LogP contribution >= 0.6 is 11.6 Å². The van der Waals surface area contributed by atoms with Gasteiger partial charge in [-0.2, -0.15) is 23.4 Å². The molecular formula is C16H18ClF3N6O2. The molecule has 2 heterocycles. The molecule has 0 saturated carbocycles. The normalized spacial score (nSPS) is 17.0. The van der Waals surface area contributed by atoms with E-state index < -0.39 is 24.9 Å². The average Bonchev–Trinajstić information content (AvgIpc) is 3.22. The summed E-state index contributed by atoms with van der Waals surface area (Å²) in [5.74, 6) is 0.879. The van der Waals surface area contributed by atoms with E-state index in [9.17, 15) is 23.4 Å². The first-order valence-electron chi connectivity index (χ1n) is 8.32. The summed E-state index contributed by atoms with van der Waals surface area (Å²) in [6.45, 7) is 0.988. The Labute approximate surface area is 163 Å². The third-order valence-electron chi connectivity index (χ3n) is 4.00. The van der Waals surface area contributed by atoms with E-state index in [4.69, 9.17) is 11.6 Å². The van der Waals surface area contributed by atoms with Gasteiger partial charge < -0.3 is 15.1 Å². The van der Waals surface area contributed by atoms with Crippen LogP contribution in [0.15, 0.2) is 29.4 Å². The molecule has 1 aliphatic rings. The summed E-state index contributed by atoms with van der Waals surface area (Å²) in [6, 6.07) is 6.48. The maximum absolute atomic E-state index is 12.8. The number of amidine groups is 1. The van der Waals surface area contributed by atoms with Gasteiger partial charge in [-0.3, -0.25) is 10.1 Å². The number of halogens is 4. The summed E-state index contributed by atoms with van der Waals surface area (Å²) >= 11 is 5.87. The van der Waals surface area contributed by atoms with Crippen molar-refractivity contribution in [1.29, 1.82) is 0 Å². The fourth-order valence-corrected chi connectivity index (χ4v) is 2.74. The van der Waals surface area contributed by atoms with Crippen LogP contribution in [0.3, 0.4) is 0 Å². The van der Waals surface area contributed by atoms with Crippen LogP contribution in [0.1, 0.15) is 30.2 Å². The predicted molar refractivity (Wildman–Crippen MR) is 94.2 cm³/mol. The highest BCUT2D eigenvalue weighted by Gasteiger charge is 2.41. The van der Waals surface area contributed by atoms with Crippen LogP contribution in [0.5, 0.6) is 0 Å². The first-order chi connectivity index (χ1) is 13.1. The number of hydrogen-bond donors (Lipinski definition) is 3. The number of rotatable bonds is 6. The molecule has 12 heteroatoms. The van der Waals surface area contributed by atoms with Gasteiger partial charge in [-0.1, -0.05) is 11.6 Å². The number of aromatic amines is 1. The highest BCUT2D eigenvalue weighted by molar-refractivity contribution is 6.30. The van der Waals surface area contributed by atoms with Gasteiger partial charge in [0.1, 0.15) is 18.6 Å². The molecule has 0 saturated heterocycles. The Balaban J connectivity index is 1.81. The summed E-state index contributed by atoms with van der Waals surface area (Å²) in [6.07, 6.45) is -8.11. The first kappa shape index (κ1) is 20.4. The Morgan fingerprint density at radius 1 is 1.25 bits per heavy atom. The minimum absolute atomic E-state index is 0.00973. The molecule has 0 aliphatic carbocycles. The van der Waals surface area contributed by atoms with Gasteiger partial charge in [-0.15, -0.1) is 0 Å². The van der Waals surface area contributed by atoms with Crippen molar-refractivity contribution in [2.75, 3.05) is 13.2 Å². The van der Waals surface area contributed by atoms with Gasteiger partial charge in [0, 0.05) is 10.6 Å².